The Bertz CT molecular complexity index is 652. The normalized spacial score (nSPS) is 23.1. The Morgan fingerprint density at radius 2 is 1.96 bits per heavy atom. The number of ether oxygens (including phenoxy) is 1. The number of carbonyl (C=O) groups is 1. The first-order valence-electron chi connectivity index (χ1n) is 8.46. The van der Waals surface area contributed by atoms with Gasteiger partial charge in [-0.2, -0.15) is 0 Å². The van der Waals surface area contributed by atoms with Crippen molar-refractivity contribution in [1.82, 2.24) is 4.72 Å². The molecule has 2 rings (SSSR count). The summed E-state index contributed by atoms with van der Waals surface area (Å²) in [6.07, 6.45) is 5.46. The van der Waals surface area contributed by atoms with Crippen molar-refractivity contribution in [3.63, 3.8) is 0 Å². The maximum atomic E-state index is 12.8. The molecule has 0 amide bonds. The molecule has 4 atom stereocenters. The lowest BCUT2D eigenvalue weighted by Crippen LogP contribution is -2.42. The Balaban J connectivity index is 2.35. The highest BCUT2D eigenvalue weighted by molar-refractivity contribution is 9.10. The fourth-order valence-electron chi connectivity index (χ4n) is 2.87. The predicted octanol–water partition coefficient (Wildman–Crippen LogP) is 4.44. The molecular weight excluding hydrogens is 402 g/mol. The molecule has 6 heteroatoms. The van der Waals surface area contributed by atoms with E-state index < -0.39 is 11.0 Å². The van der Waals surface area contributed by atoms with Crippen LogP contribution in [0.5, 0.6) is 0 Å². The molecule has 0 aliphatic heterocycles. The van der Waals surface area contributed by atoms with Crippen LogP contribution in [0.1, 0.15) is 52.1 Å². The van der Waals surface area contributed by atoms with Gasteiger partial charge in [0.15, 0.2) is 0 Å². The molecule has 0 aromatic heterocycles. The van der Waals surface area contributed by atoms with E-state index in [2.05, 4.69) is 20.7 Å². The zero-order valence-electron chi connectivity index (χ0n) is 15.1. The number of rotatable bonds is 5. The van der Waals surface area contributed by atoms with Gasteiger partial charge in [-0.05, 0) is 57.4 Å². The van der Waals surface area contributed by atoms with Gasteiger partial charge in [-0.15, -0.1) is 0 Å². The molecule has 0 saturated heterocycles. The van der Waals surface area contributed by atoms with Crippen molar-refractivity contribution < 1.29 is 13.7 Å². The van der Waals surface area contributed by atoms with Crippen molar-refractivity contribution in [2.75, 3.05) is 0 Å². The predicted molar refractivity (Wildman–Crippen MR) is 105 cm³/mol. The van der Waals surface area contributed by atoms with Crippen molar-refractivity contribution in [2.45, 2.75) is 57.4 Å². The SMILES string of the molecule is CC(=O)O[C@@H]1C=CCC[C@@H]1[C@H](N[S@](=O)C(C)(C)C)c1ccc(Br)cc1. The molecule has 1 aliphatic carbocycles. The highest BCUT2D eigenvalue weighted by Crippen LogP contribution is 2.35. The van der Waals surface area contributed by atoms with Crippen LogP contribution in [0, 0.1) is 5.92 Å². The van der Waals surface area contributed by atoms with Crippen molar-refractivity contribution in [1.29, 1.82) is 0 Å². The van der Waals surface area contributed by atoms with Crippen LogP contribution >= 0.6 is 15.9 Å². The third kappa shape index (κ3) is 5.76. The summed E-state index contributed by atoms with van der Waals surface area (Å²) in [6, 6.07) is 7.82. The molecule has 0 spiro atoms. The summed E-state index contributed by atoms with van der Waals surface area (Å²) in [7, 11) is -1.23. The van der Waals surface area contributed by atoms with Gasteiger partial charge in [-0.25, -0.2) is 8.93 Å². The van der Waals surface area contributed by atoms with Gasteiger partial charge in [-0.1, -0.05) is 34.1 Å². The Hall–Kier alpha value is -0.980. The van der Waals surface area contributed by atoms with E-state index in [1.54, 1.807) is 0 Å². The number of hydrogen-bond acceptors (Lipinski definition) is 3. The van der Waals surface area contributed by atoms with Crippen molar-refractivity contribution in [3.05, 3.63) is 46.5 Å². The van der Waals surface area contributed by atoms with E-state index in [-0.39, 0.29) is 28.8 Å². The number of nitrogens with one attached hydrogen (secondary N) is 1. The minimum atomic E-state index is -1.23. The van der Waals surface area contributed by atoms with Crippen molar-refractivity contribution in [3.8, 4) is 0 Å². The van der Waals surface area contributed by atoms with Gasteiger partial charge in [0.2, 0.25) is 0 Å². The fraction of sp³-hybridized carbons (Fsp3) is 0.526. The Labute approximate surface area is 161 Å². The zero-order valence-corrected chi connectivity index (χ0v) is 17.5. The molecule has 0 saturated carbocycles. The topological polar surface area (TPSA) is 55.4 Å². The zero-order chi connectivity index (χ0) is 18.6. The highest BCUT2D eigenvalue weighted by atomic mass is 79.9. The summed E-state index contributed by atoms with van der Waals surface area (Å²) in [5.74, 6) is -0.269. The monoisotopic (exact) mass is 427 g/mol. The van der Waals surface area contributed by atoms with Crippen molar-refractivity contribution in [2.24, 2.45) is 5.92 Å². The first-order chi connectivity index (χ1) is 11.7. The summed E-state index contributed by atoms with van der Waals surface area (Å²) in [6.45, 7) is 7.26. The molecule has 0 fully saturated rings. The van der Waals surface area contributed by atoms with Gasteiger partial charge in [0.25, 0.3) is 0 Å². The van der Waals surface area contributed by atoms with Crippen LogP contribution in [0.15, 0.2) is 40.9 Å². The van der Waals surface area contributed by atoms with E-state index in [0.29, 0.717) is 0 Å². The molecule has 1 aliphatic rings. The van der Waals surface area contributed by atoms with E-state index in [4.69, 9.17) is 4.74 Å². The molecular formula is C19H26BrNO3S. The lowest BCUT2D eigenvalue weighted by atomic mass is 9.82. The van der Waals surface area contributed by atoms with Gasteiger partial charge in [0.05, 0.1) is 21.8 Å². The molecule has 25 heavy (non-hydrogen) atoms. The first kappa shape index (κ1) is 20.3. The van der Waals surface area contributed by atoms with Crippen LogP contribution in [0.4, 0.5) is 0 Å². The van der Waals surface area contributed by atoms with Gasteiger partial charge in [0, 0.05) is 17.3 Å². The van der Waals surface area contributed by atoms with Gasteiger partial charge in [-0.3, -0.25) is 4.79 Å². The van der Waals surface area contributed by atoms with E-state index in [1.165, 1.54) is 6.92 Å². The van der Waals surface area contributed by atoms with Crippen LogP contribution in [0.3, 0.4) is 0 Å². The average Bonchev–Trinajstić information content (AvgIpc) is 2.53. The summed E-state index contributed by atoms with van der Waals surface area (Å²) in [4.78, 5) is 11.5. The standard InChI is InChI=1S/C19H26BrNO3S/c1-13(22)24-17-8-6-5-7-16(17)18(21-25(23)19(2,3)4)14-9-11-15(20)12-10-14/h6,8-12,16-18,21H,5,7H2,1-4H3/t16-,17+,18+,25+/m0/s1. The number of hydrogen-bond donors (Lipinski definition) is 1. The Morgan fingerprint density at radius 3 is 2.52 bits per heavy atom. The number of halogens is 1. The summed E-state index contributed by atoms with van der Waals surface area (Å²) in [5, 5.41) is 0. The molecule has 0 heterocycles. The molecule has 1 aromatic rings. The quantitative estimate of drug-likeness (QED) is 0.557. The second kappa shape index (κ2) is 8.60. The van der Waals surface area contributed by atoms with Crippen LogP contribution in [0.25, 0.3) is 0 Å². The third-order valence-corrected chi connectivity index (χ3v) is 6.27. The van der Waals surface area contributed by atoms with Crippen LogP contribution in [-0.4, -0.2) is 21.0 Å². The second-order valence-corrected chi connectivity index (χ2v) is 10.2. The number of carbonyl (C=O) groups excluding carboxylic acids is 1. The van der Waals surface area contributed by atoms with Gasteiger partial charge in [0.1, 0.15) is 6.10 Å². The Morgan fingerprint density at radius 1 is 1.32 bits per heavy atom. The summed E-state index contributed by atoms with van der Waals surface area (Å²) < 4.78 is 22.2. The van der Waals surface area contributed by atoms with Gasteiger partial charge >= 0.3 is 5.97 Å². The van der Waals surface area contributed by atoms with E-state index in [0.717, 1.165) is 22.9 Å². The Kier molecular flexibility index (Phi) is 7.00. The third-order valence-electron chi connectivity index (χ3n) is 4.16. The number of allylic oxidation sites excluding steroid dienone is 1. The largest absolute Gasteiger partial charge is 0.458 e. The molecule has 138 valence electrons. The molecule has 0 unspecified atom stereocenters. The molecule has 4 nitrogen and oxygen atoms in total. The van der Waals surface area contributed by atoms with Crippen LogP contribution in [-0.2, 0) is 20.5 Å². The summed E-state index contributed by atoms with van der Waals surface area (Å²) >= 11 is 3.46. The number of esters is 1. The molecule has 1 N–H and O–H groups in total. The molecule has 0 bridgehead atoms. The minimum Gasteiger partial charge on any atom is -0.458 e. The number of benzene rings is 1. The van der Waals surface area contributed by atoms with Crippen molar-refractivity contribution >= 4 is 32.9 Å². The molecule has 1 aromatic carbocycles. The fourth-order valence-corrected chi connectivity index (χ4v) is 4.02. The minimum absolute atomic E-state index is 0.0291. The lowest BCUT2D eigenvalue weighted by molar-refractivity contribution is -0.147. The van der Waals surface area contributed by atoms with Gasteiger partial charge < -0.3 is 4.74 Å². The van der Waals surface area contributed by atoms with Crippen LogP contribution in [0.2, 0.25) is 0 Å². The maximum Gasteiger partial charge on any atom is 0.303 e. The molecule has 0 radical (unpaired) electrons. The maximum absolute atomic E-state index is 12.8. The lowest BCUT2D eigenvalue weighted by Gasteiger charge is -2.35. The van der Waals surface area contributed by atoms with E-state index >= 15 is 0 Å². The highest BCUT2D eigenvalue weighted by Gasteiger charge is 2.35. The van der Waals surface area contributed by atoms with Crippen LogP contribution < -0.4 is 4.72 Å². The average molecular weight is 428 g/mol. The summed E-state index contributed by atoms with van der Waals surface area (Å²) in [5.41, 5.74) is 1.04. The first-order valence-corrected chi connectivity index (χ1v) is 10.4. The van der Waals surface area contributed by atoms with E-state index in [9.17, 15) is 9.00 Å². The smallest absolute Gasteiger partial charge is 0.303 e. The second-order valence-electron chi connectivity index (χ2n) is 7.27. The van der Waals surface area contributed by atoms with E-state index in [1.807, 2.05) is 57.2 Å².